The fraction of sp³-hybridized carbons (Fsp3) is 0.348. The van der Waals surface area contributed by atoms with E-state index in [0.717, 1.165) is 11.1 Å². The summed E-state index contributed by atoms with van der Waals surface area (Å²) in [5.41, 5.74) is 2.92. The lowest BCUT2D eigenvalue weighted by atomic mass is 9.82. The summed E-state index contributed by atoms with van der Waals surface area (Å²) in [5.74, 6) is -3.38. The molecule has 0 saturated carbocycles. The van der Waals surface area contributed by atoms with Crippen molar-refractivity contribution >= 4 is 34.2 Å². The van der Waals surface area contributed by atoms with Crippen LogP contribution in [-0.2, 0) is 14.3 Å². The molecular weight excluding hydrogens is 402 g/mol. The molecule has 0 aliphatic heterocycles. The minimum Gasteiger partial charge on any atom is -0.481 e. The molecule has 7 heteroatoms. The Bertz CT molecular complexity index is 974. The Hall–Kier alpha value is -2.93. The molecule has 0 radical (unpaired) electrons. The van der Waals surface area contributed by atoms with Crippen molar-refractivity contribution < 1.29 is 24.2 Å². The number of carbonyl (C=O) groups is 3. The highest BCUT2D eigenvalue weighted by molar-refractivity contribution is 7.15. The number of hydrogen-bond donors (Lipinski definition) is 2. The molecule has 158 valence electrons. The van der Waals surface area contributed by atoms with Gasteiger partial charge in [0.2, 0.25) is 5.91 Å². The van der Waals surface area contributed by atoms with E-state index in [1.807, 2.05) is 42.6 Å². The zero-order valence-electron chi connectivity index (χ0n) is 17.2. The number of aliphatic carboxylic acids is 1. The van der Waals surface area contributed by atoms with Gasteiger partial charge in [0, 0.05) is 10.9 Å². The van der Waals surface area contributed by atoms with Gasteiger partial charge in [-0.05, 0) is 39.2 Å². The Balaban J connectivity index is 1.95. The maximum atomic E-state index is 12.9. The van der Waals surface area contributed by atoms with E-state index >= 15 is 0 Å². The van der Waals surface area contributed by atoms with Crippen molar-refractivity contribution in [1.82, 2.24) is 0 Å². The first-order valence-electron chi connectivity index (χ1n) is 9.86. The van der Waals surface area contributed by atoms with Gasteiger partial charge in [0.05, 0.1) is 17.9 Å². The number of amides is 1. The molecule has 1 aliphatic carbocycles. The van der Waals surface area contributed by atoms with Crippen LogP contribution >= 0.6 is 11.3 Å². The molecule has 1 aromatic carbocycles. The van der Waals surface area contributed by atoms with Gasteiger partial charge < -0.3 is 15.2 Å². The van der Waals surface area contributed by atoms with Crippen molar-refractivity contribution in [1.29, 1.82) is 0 Å². The third-order valence-electron chi connectivity index (χ3n) is 5.02. The molecule has 1 aliphatic rings. The second-order valence-corrected chi connectivity index (χ2v) is 8.54. The molecule has 2 N–H and O–H groups in total. The number of anilines is 1. The van der Waals surface area contributed by atoms with E-state index < -0.39 is 29.7 Å². The van der Waals surface area contributed by atoms with Crippen molar-refractivity contribution in [2.75, 3.05) is 5.32 Å². The molecule has 1 aromatic heterocycles. The summed E-state index contributed by atoms with van der Waals surface area (Å²) in [6, 6.07) is 7.74. The summed E-state index contributed by atoms with van der Waals surface area (Å²) in [7, 11) is 0. The molecule has 1 amide bonds. The SMILES string of the molecule is Cc1ccc(-c2csc(NC(=O)[C@H]3CC=CC[C@H]3C(=O)O)c2C(=O)OC(C)C)cc1. The number of esters is 1. The van der Waals surface area contributed by atoms with Crippen LogP contribution in [0.15, 0.2) is 41.8 Å². The highest BCUT2D eigenvalue weighted by Crippen LogP contribution is 2.37. The second-order valence-electron chi connectivity index (χ2n) is 7.66. The lowest BCUT2D eigenvalue weighted by Gasteiger charge is -2.24. The number of carboxylic acids is 1. The van der Waals surface area contributed by atoms with Crippen LogP contribution in [0.1, 0.15) is 42.6 Å². The molecule has 0 unspecified atom stereocenters. The van der Waals surface area contributed by atoms with E-state index in [2.05, 4.69) is 5.32 Å². The van der Waals surface area contributed by atoms with Gasteiger partial charge in [-0.15, -0.1) is 11.3 Å². The van der Waals surface area contributed by atoms with Crippen LogP contribution in [0.3, 0.4) is 0 Å². The number of hydrogen-bond acceptors (Lipinski definition) is 5. The topological polar surface area (TPSA) is 92.7 Å². The highest BCUT2D eigenvalue weighted by Gasteiger charge is 2.35. The van der Waals surface area contributed by atoms with Crippen LogP contribution in [0.4, 0.5) is 5.00 Å². The molecule has 0 saturated heterocycles. The minimum absolute atomic E-state index is 0.295. The first-order valence-corrected chi connectivity index (χ1v) is 10.7. The number of thiophene rings is 1. The number of aryl methyl sites for hydroxylation is 1. The van der Waals surface area contributed by atoms with Crippen LogP contribution in [0, 0.1) is 18.8 Å². The minimum atomic E-state index is -0.995. The van der Waals surface area contributed by atoms with E-state index in [-0.39, 0.29) is 6.10 Å². The van der Waals surface area contributed by atoms with Gasteiger partial charge in [0.15, 0.2) is 0 Å². The molecule has 0 spiro atoms. The summed E-state index contributed by atoms with van der Waals surface area (Å²) >= 11 is 1.23. The average Bonchev–Trinajstić information content (AvgIpc) is 3.11. The van der Waals surface area contributed by atoms with E-state index in [1.165, 1.54) is 11.3 Å². The molecule has 30 heavy (non-hydrogen) atoms. The normalized spacial score (nSPS) is 18.3. The van der Waals surface area contributed by atoms with E-state index in [1.54, 1.807) is 19.9 Å². The highest BCUT2D eigenvalue weighted by atomic mass is 32.1. The van der Waals surface area contributed by atoms with Crippen molar-refractivity contribution in [3.63, 3.8) is 0 Å². The van der Waals surface area contributed by atoms with Gasteiger partial charge in [-0.3, -0.25) is 9.59 Å². The largest absolute Gasteiger partial charge is 0.481 e. The van der Waals surface area contributed by atoms with E-state index in [0.29, 0.717) is 29.0 Å². The predicted octanol–water partition coefficient (Wildman–Crippen LogP) is 4.89. The number of benzene rings is 1. The average molecular weight is 428 g/mol. The smallest absolute Gasteiger partial charge is 0.342 e. The summed E-state index contributed by atoms with van der Waals surface area (Å²) in [6.07, 6.45) is 3.96. The fourth-order valence-electron chi connectivity index (χ4n) is 3.45. The monoisotopic (exact) mass is 427 g/mol. The number of rotatable bonds is 6. The van der Waals surface area contributed by atoms with Crippen molar-refractivity contribution in [2.24, 2.45) is 11.8 Å². The number of allylic oxidation sites excluding steroid dienone is 2. The molecule has 2 aromatic rings. The van der Waals surface area contributed by atoms with Crippen LogP contribution < -0.4 is 5.32 Å². The van der Waals surface area contributed by atoms with Gasteiger partial charge in [-0.2, -0.15) is 0 Å². The fourth-order valence-corrected chi connectivity index (χ4v) is 4.41. The zero-order valence-corrected chi connectivity index (χ0v) is 18.0. The number of carbonyl (C=O) groups excluding carboxylic acids is 2. The predicted molar refractivity (Wildman–Crippen MR) is 117 cm³/mol. The van der Waals surface area contributed by atoms with Gasteiger partial charge >= 0.3 is 11.9 Å². The third-order valence-corrected chi connectivity index (χ3v) is 5.92. The maximum absolute atomic E-state index is 12.9. The molecular formula is C23H25NO5S. The molecule has 2 atom stereocenters. The summed E-state index contributed by atoms with van der Waals surface area (Å²) in [6.45, 7) is 5.51. The van der Waals surface area contributed by atoms with Gasteiger partial charge in [-0.1, -0.05) is 42.0 Å². The van der Waals surface area contributed by atoms with Crippen molar-refractivity contribution in [3.05, 3.63) is 52.9 Å². The van der Waals surface area contributed by atoms with Crippen LogP contribution in [0.2, 0.25) is 0 Å². The lowest BCUT2D eigenvalue weighted by Crippen LogP contribution is -2.34. The zero-order chi connectivity index (χ0) is 21.8. The Morgan fingerprint density at radius 2 is 1.73 bits per heavy atom. The second kappa shape index (κ2) is 9.26. The quantitative estimate of drug-likeness (QED) is 0.506. The Morgan fingerprint density at radius 3 is 2.33 bits per heavy atom. The van der Waals surface area contributed by atoms with Crippen LogP contribution in [0.25, 0.3) is 11.1 Å². The van der Waals surface area contributed by atoms with Crippen molar-refractivity contribution in [2.45, 2.75) is 39.7 Å². The summed E-state index contributed by atoms with van der Waals surface area (Å²) in [4.78, 5) is 37.3. The van der Waals surface area contributed by atoms with Gasteiger partial charge in [0.1, 0.15) is 10.6 Å². The van der Waals surface area contributed by atoms with Crippen LogP contribution in [0.5, 0.6) is 0 Å². The molecule has 1 heterocycles. The standard InChI is InChI=1S/C23H25NO5S/c1-13(2)29-23(28)19-18(15-10-8-14(3)9-11-15)12-30-21(19)24-20(25)16-6-4-5-7-17(16)22(26)27/h4-5,8-13,16-17H,6-7H2,1-3H3,(H,24,25)(H,26,27)/t16-,17+/m0/s1. The van der Waals surface area contributed by atoms with Gasteiger partial charge in [0.25, 0.3) is 0 Å². The summed E-state index contributed by atoms with van der Waals surface area (Å²) < 4.78 is 5.42. The lowest BCUT2D eigenvalue weighted by molar-refractivity contribution is -0.146. The number of carboxylic acid groups (broad SMARTS) is 1. The van der Waals surface area contributed by atoms with E-state index in [9.17, 15) is 19.5 Å². The summed E-state index contributed by atoms with van der Waals surface area (Å²) in [5, 5.41) is 14.4. The Morgan fingerprint density at radius 1 is 1.10 bits per heavy atom. The Kier molecular flexibility index (Phi) is 6.72. The molecule has 3 rings (SSSR count). The molecule has 0 fully saturated rings. The van der Waals surface area contributed by atoms with Gasteiger partial charge in [-0.25, -0.2) is 4.79 Å². The number of nitrogens with one attached hydrogen (secondary N) is 1. The first-order chi connectivity index (χ1) is 14.3. The molecule has 6 nitrogen and oxygen atoms in total. The Labute approximate surface area is 179 Å². The number of ether oxygens (including phenoxy) is 1. The van der Waals surface area contributed by atoms with Crippen LogP contribution in [-0.4, -0.2) is 29.1 Å². The first kappa shape index (κ1) is 21.8. The molecule has 0 bridgehead atoms. The maximum Gasteiger partial charge on any atom is 0.342 e. The van der Waals surface area contributed by atoms with E-state index in [4.69, 9.17) is 4.74 Å². The third kappa shape index (κ3) is 4.79. The van der Waals surface area contributed by atoms with Crippen molar-refractivity contribution in [3.8, 4) is 11.1 Å².